The highest BCUT2D eigenvalue weighted by Gasteiger charge is 2.27. The van der Waals surface area contributed by atoms with Crippen molar-refractivity contribution in [2.45, 2.75) is 78.5 Å². The Kier molecular flexibility index (Phi) is 9.38. The van der Waals surface area contributed by atoms with Gasteiger partial charge in [0.2, 0.25) is 5.91 Å². The maximum Gasteiger partial charge on any atom is 0.407 e. The molecule has 8 heteroatoms. The molecule has 1 heterocycles. The van der Waals surface area contributed by atoms with E-state index in [2.05, 4.69) is 25.8 Å². The highest BCUT2D eigenvalue weighted by atomic mass is 16.6. The minimum Gasteiger partial charge on any atom is -0.444 e. The van der Waals surface area contributed by atoms with E-state index < -0.39 is 11.7 Å². The van der Waals surface area contributed by atoms with Gasteiger partial charge in [-0.2, -0.15) is 0 Å². The molecule has 1 fully saturated rings. The number of hydrogen-bond acceptors (Lipinski definition) is 4. The zero-order chi connectivity index (χ0) is 20.4. The van der Waals surface area contributed by atoms with Gasteiger partial charge >= 0.3 is 6.09 Å². The van der Waals surface area contributed by atoms with Gasteiger partial charge in [0.1, 0.15) is 5.60 Å². The Bertz CT molecular complexity index is 516. The van der Waals surface area contributed by atoms with Crippen molar-refractivity contribution >= 4 is 18.0 Å². The number of nitrogens with zero attached hydrogens (tertiary/aromatic N) is 2. The first kappa shape index (κ1) is 23.0. The Morgan fingerprint density at radius 3 is 2.59 bits per heavy atom. The lowest BCUT2D eigenvalue weighted by Crippen LogP contribution is -2.44. The largest absolute Gasteiger partial charge is 0.444 e. The van der Waals surface area contributed by atoms with Crippen molar-refractivity contribution in [1.29, 1.82) is 0 Å². The molecular weight excluding hydrogens is 346 g/mol. The molecule has 0 radical (unpaired) electrons. The van der Waals surface area contributed by atoms with E-state index in [-0.39, 0.29) is 18.0 Å². The maximum atomic E-state index is 11.9. The standard InChI is InChI=1S/C19H37N5O3/c1-7-14(3)22-16(25)9-11-21-17(20-8-2)24-12-10-15(13-24)23-18(26)27-19(4,5)6/h14-15H,7-13H2,1-6H3,(H,20,21)(H,22,25)(H,23,26). The van der Waals surface area contributed by atoms with E-state index in [0.29, 0.717) is 19.5 Å². The first-order valence-electron chi connectivity index (χ1n) is 9.96. The number of aliphatic imine (C=N–C) groups is 1. The molecule has 0 spiro atoms. The summed E-state index contributed by atoms with van der Waals surface area (Å²) in [5, 5.41) is 9.13. The van der Waals surface area contributed by atoms with Gasteiger partial charge in [-0.15, -0.1) is 0 Å². The van der Waals surface area contributed by atoms with Crippen molar-refractivity contribution in [3.05, 3.63) is 0 Å². The molecule has 3 N–H and O–H groups in total. The van der Waals surface area contributed by atoms with Crippen LogP contribution in [0.4, 0.5) is 4.79 Å². The molecule has 8 nitrogen and oxygen atoms in total. The van der Waals surface area contributed by atoms with Crippen LogP contribution in [0, 0.1) is 0 Å². The lowest BCUT2D eigenvalue weighted by molar-refractivity contribution is -0.121. The summed E-state index contributed by atoms with van der Waals surface area (Å²) in [6, 6.07) is 0.213. The van der Waals surface area contributed by atoms with Crippen molar-refractivity contribution in [2.24, 2.45) is 4.99 Å². The second-order valence-electron chi connectivity index (χ2n) is 7.94. The van der Waals surface area contributed by atoms with Crippen LogP contribution in [0.5, 0.6) is 0 Å². The molecule has 27 heavy (non-hydrogen) atoms. The average Bonchev–Trinajstić information content (AvgIpc) is 3.00. The van der Waals surface area contributed by atoms with E-state index in [4.69, 9.17) is 4.74 Å². The second-order valence-corrected chi connectivity index (χ2v) is 7.94. The van der Waals surface area contributed by atoms with E-state index in [9.17, 15) is 9.59 Å². The molecule has 0 aromatic carbocycles. The fraction of sp³-hybridized carbons (Fsp3) is 0.842. The molecule has 2 amide bonds. The van der Waals surface area contributed by atoms with Crippen LogP contribution in [0.25, 0.3) is 0 Å². The Balaban J connectivity index is 2.50. The van der Waals surface area contributed by atoms with Crippen LogP contribution in [0.1, 0.15) is 60.8 Å². The van der Waals surface area contributed by atoms with Crippen LogP contribution in [-0.4, -0.2) is 66.7 Å². The molecule has 2 atom stereocenters. The topological polar surface area (TPSA) is 95.1 Å². The number of carbonyl (C=O) groups is 2. The SMILES string of the molecule is CCNC(=NCCC(=O)NC(C)CC)N1CCC(NC(=O)OC(C)(C)C)C1. The monoisotopic (exact) mass is 383 g/mol. The van der Waals surface area contributed by atoms with Crippen molar-refractivity contribution in [3.8, 4) is 0 Å². The molecule has 0 aromatic rings. The number of carbonyl (C=O) groups excluding carboxylic acids is 2. The van der Waals surface area contributed by atoms with Crippen LogP contribution in [0.3, 0.4) is 0 Å². The molecule has 0 bridgehead atoms. The first-order chi connectivity index (χ1) is 12.6. The molecule has 1 aliphatic heterocycles. The number of ether oxygens (including phenoxy) is 1. The van der Waals surface area contributed by atoms with E-state index >= 15 is 0 Å². The number of likely N-dealkylation sites (tertiary alicyclic amines) is 1. The van der Waals surface area contributed by atoms with Crippen molar-refractivity contribution < 1.29 is 14.3 Å². The van der Waals surface area contributed by atoms with E-state index in [1.165, 1.54) is 0 Å². The summed E-state index contributed by atoms with van der Waals surface area (Å²) in [6.45, 7) is 14.2. The zero-order valence-electron chi connectivity index (χ0n) is 17.7. The molecule has 0 saturated carbocycles. The summed E-state index contributed by atoms with van der Waals surface area (Å²) >= 11 is 0. The third-order valence-electron chi connectivity index (χ3n) is 4.16. The van der Waals surface area contributed by atoms with Crippen molar-refractivity contribution in [2.75, 3.05) is 26.2 Å². The summed E-state index contributed by atoms with van der Waals surface area (Å²) in [6.07, 6.45) is 1.72. The quantitative estimate of drug-likeness (QED) is 0.461. The highest BCUT2D eigenvalue weighted by molar-refractivity contribution is 5.81. The van der Waals surface area contributed by atoms with Crippen LogP contribution < -0.4 is 16.0 Å². The summed E-state index contributed by atoms with van der Waals surface area (Å²) in [4.78, 5) is 30.5. The van der Waals surface area contributed by atoms with Crippen LogP contribution >= 0.6 is 0 Å². The van der Waals surface area contributed by atoms with Gasteiger partial charge in [0, 0.05) is 32.1 Å². The predicted molar refractivity (Wildman–Crippen MR) is 108 cm³/mol. The van der Waals surface area contributed by atoms with Crippen molar-refractivity contribution in [1.82, 2.24) is 20.9 Å². The van der Waals surface area contributed by atoms with Crippen LogP contribution in [0.15, 0.2) is 4.99 Å². The summed E-state index contributed by atoms with van der Waals surface area (Å²) < 4.78 is 5.32. The number of amides is 2. The summed E-state index contributed by atoms with van der Waals surface area (Å²) in [5.74, 6) is 0.803. The van der Waals surface area contributed by atoms with Gasteiger partial charge in [0.15, 0.2) is 5.96 Å². The first-order valence-corrected chi connectivity index (χ1v) is 9.96. The third-order valence-corrected chi connectivity index (χ3v) is 4.16. The second kappa shape index (κ2) is 11.0. The van der Waals surface area contributed by atoms with Crippen LogP contribution in [-0.2, 0) is 9.53 Å². The number of nitrogens with one attached hydrogen (secondary N) is 3. The normalized spacial score (nSPS) is 18.8. The van der Waals surface area contributed by atoms with Gasteiger partial charge in [-0.05, 0) is 47.5 Å². The van der Waals surface area contributed by atoms with E-state index in [1.54, 1.807) is 0 Å². The van der Waals surface area contributed by atoms with Gasteiger partial charge in [0.25, 0.3) is 0 Å². The van der Waals surface area contributed by atoms with Crippen LogP contribution in [0.2, 0.25) is 0 Å². The molecule has 1 rings (SSSR count). The molecule has 1 saturated heterocycles. The molecule has 0 aromatic heterocycles. The maximum absolute atomic E-state index is 11.9. The summed E-state index contributed by atoms with van der Waals surface area (Å²) in [5.41, 5.74) is -0.505. The number of alkyl carbamates (subject to hydrolysis) is 1. The zero-order valence-corrected chi connectivity index (χ0v) is 17.7. The van der Waals surface area contributed by atoms with Gasteiger partial charge in [0.05, 0.1) is 12.6 Å². The Morgan fingerprint density at radius 2 is 2.00 bits per heavy atom. The van der Waals surface area contributed by atoms with Crippen molar-refractivity contribution in [3.63, 3.8) is 0 Å². The molecular formula is C19H37N5O3. The fourth-order valence-corrected chi connectivity index (χ4v) is 2.68. The highest BCUT2D eigenvalue weighted by Crippen LogP contribution is 2.12. The predicted octanol–water partition coefficient (Wildman–Crippen LogP) is 1.86. The van der Waals surface area contributed by atoms with E-state index in [1.807, 2.05) is 41.5 Å². The fourth-order valence-electron chi connectivity index (χ4n) is 2.68. The number of rotatable bonds is 7. The van der Waals surface area contributed by atoms with Gasteiger partial charge in [-0.1, -0.05) is 6.92 Å². The smallest absolute Gasteiger partial charge is 0.407 e. The molecule has 2 unspecified atom stereocenters. The average molecular weight is 384 g/mol. The van der Waals surface area contributed by atoms with Gasteiger partial charge in [-0.25, -0.2) is 4.79 Å². The van der Waals surface area contributed by atoms with Gasteiger partial charge in [-0.3, -0.25) is 9.79 Å². The Hall–Kier alpha value is -1.99. The Morgan fingerprint density at radius 1 is 1.30 bits per heavy atom. The minimum absolute atomic E-state index is 0.0230. The minimum atomic E-state index is -0.505. The molecule has 0 aliphatic carbocycles. The lowest BCUT2D eigenvalue weighted by atomic mass is 10.2. The number of hydrogen-bond donors (Lipinski definition) is 3. The number of guanidine groups is 1. The molecule has 1 aliphatic rings. The van der Waals surface area contributed by atoms with E-state index in [0.717, 1.165) is 31.9 Å². The lowest BCUT2D eigenvalue weighted by Gasteiger charge is -2.23. The van der Waals surface area contributed by atoms with Gasteiger partial charge < -0.3 is 25.6 Å². The third kappa shape index (κ3) is 9.49. The molecule has 156 valence electrons. The Labute approximate surface area is 163 Å². The summed E-state index contributed by atoms with van der Waals surface area (Å²) in [7, 11) is 0.